The van der Waals surface area contributed by atoms with E-state index in [-0.39, 0.29) is 0 Å². The summed E-state index contributed by atoms with van der Waals surface area (Å²) in [4.78, 5) is 0. The van der Waals surface area contributed by atoms with Crippen LogP contribution in [0, 0.1) is 39.0 Å². The summed E-state index contributed by atoms with van der Waals surface area (Å²) in [6.45, 7) is 12.8. The second-order valence-corrected chi connectivity index (χ2v) is 10.7. The van der Waals surface area contributed by atoms with Gasteiger partial charge in [0.2, 0.25) is 0 Å². The molecule has 1 aliphatic carbocycles. The molecule has 0 aromatic heterocycles. The van der Waals surface area contributed by atoms with Crippen LogP contribution in [-0.4, -0.2) is 13.2 Å². The third kappa shape index (κ3) is 7.26. The van der Waals surface area contributed by atoms with Gasteiger partial charge in [-0.3, -0.25) is 0 Å². The van der Waals surface area contributed by atoms with Gasteiger partial charge < -0.3 is 9.47 Å². The third-order valence-electron chi connectivity index (χ3n) is 7.97. The number of benzene rings is 2. The highest BCUT2D eigenvalue weighted by Crippen LogP contribution is 2.43. The summed E-state index contributed by atoms with van der Waals surface area (Å²) < 4.78 is 12.6. The monoisotopic (exact) mass is 450 g/mol. The van der Waals surface area contributed by atoms with E-state index in [1.165, 1.54) is 73.6 Å². The van der Waals surface area contributed by atoms with Crippen molar-refractivity contribution >= 4 is 0 Å². The lowest BCUT2D eigenvalue weighted by molar-refractivity contribution is 0.0994. The number of ether oxygens (including phenoxy) is 2. The van der Waals surface area contributed by atoms with Gasteiger partial charge in [0.05, 0.1) is 13.2 Å². The average Bonchev–Trinajstić information content (AvgIpc) is 2.86. The van der Waals surface area contributed by atoms with Crippen molar-refractivity contribution in [1.29, 1.82) is 0 Å². The summed E-state index contributed by atoms with van der Waals surface area (Å²) in [5.41, 5.74) is 5.32. The summed E-state index contributed by atoms with van der Waals surface area (Å²) in [7, 11) is 0. The van der Waals surface area contributed by atoms with Crippen molar-refractivity contribution in [1.82, 2.24) is 0 Å². The van der Waals surface area contributed by atoms with E-state index in [1.807, 2.05) is 0 Å². The van der Waals surface area contributed by atoms with Crippen LogP contribution in [0.3, 0.4) is 0 Å². The Morgan fingerprint density at radius 2 is 1.24 bits per heavy atom. The maximum atomic E-state index is 6.37. The van der Waals surface area contributed by atoms with E-state index in [4.69, 9.17) is 9.47 Å². The van der Waals surface area contributed by atoms with Crippen LogP contribution in [0.25, 0.3) is 0 Å². The largest absolute Gasteiger partial charge is 0.493 e. The molecule has 0 N–H and O–H groups in total. The minimum Gasteiger partial charge on any atom is -0.493 e. The first-order valence-corrected chi connectivity index (χ1v) is 13.3. The zero-order valence-corrected chi connectivity index (χ0v) is 21.8. The molecule has 0 saturated heterocycles. The molecule has 1 aliphatic rings. The highest BCUT2D eigenvalue weighted by atomic mass is 16.5. The molecule has 2 aromatic rings. The number of rotatable bonds is 9. The Balaban J connectivity index is 1.60. The van der Waals surface area contributed by atoms with E-state index in [9.17, 15) is 0 Å². The number of hydrogen-bond acceptors (Lipinski definition) is 2. The Morgan fingerprint density at radius 1 is 0.727 bits per heavy atom. The van der Waals surface area contributed by atoms with Crippen LogP contribution in [0.5, 0.6) is 11.5 Å². The van der Waals surface area contributed by atoms with Gasteiger partial charge in [-0.05, 0) is 93.4 Å². The molecule has 0 radical (unpaired) electrons. The van der Waals surface area contributed by atoms with Gasteiger partial charge in [-0.15, -0.1) is 0 Å². The molecule has 2 nitrogen and oxygen atoms in total. The lowest BCUT2D eigenvalue weighted by Gasteiger charge is -2.38. The second-order valence-electron chi connectivity index (χ2n) is 10.7. The molecule has 2 heteroatoms. The van der Waals surface area contributed by atoms with Gasteiger partial charge in [-0.2, -0.15) is 0 Å². The van der Waals surface area contributed by atoms with Crippen LogP contribution in [-0.2, 0) is 0 Å². The van der Waals surface area contributed by atoms with Gasteiger partial charge in [0.15, 0.2) is 0 Å². The first-order chi connectivity index (χ1) is 15.9. The molecule has 0 amide bonds. The van der Waals surface area contributed by atoms with E-state index in [0.717, 1.165) is 43.5 Å². The fourth-order valence-electron chi connectivity index (χ4n) is 5.77. The van der Waals surface area contributed by atoms with Gasteiger partial charge in [0.1, 0.15) is 11.5 Å². The normalized spacial score (nSPS) is 21.7. The van der Waals surface area contributed by atoms with Gasteiger partial charge in [-0.1, -0.05) is 75.4 Å². The SMILES string of the molecule is Cc1cccc(C)c1OCCCC1CCCCCCCC1(C)CCOc1c(C)cccc1C. The molecule has 3 rings (SSSR count). The van der Waals surface area contributed by atoms with E-state index >= 15 is 0 Å². The molecular formula is C31H46O2. The van der Waals surface area contributed by atoms with E-state index < -0.39 is 0 Å². The van der Waals surface area contributed by atoms with Crippen LogP contribution in [0.1, 0.15) is 93.4 Å². The Kier molecular flexibility index (Phi) is 9.71. The minimum atomic E-state index is 0.347. The first kappa shape index (κ1) is 25.7. The Labute approximate surface area is 203 Å². The summed E-state index contributed by atoms with van der Waals surface area (Å²) in [5.74, 6) is 2.91. The molecule has 0 heterocycles. The first-order valence-electron chi connectivity index (χ1n) is 13.3. The van der Waals surface area contributed by atoms with E-state index in [0.29, 0.717) is 5.41 Å². The second kappa shape index (κ2) is 12.5. The average molecular weight is 451 g/mol. The standard InChI is InChI=1S/C31H46O2/c1-24-14-11-15-25(2)29(24)32-22-13-19-28-18-9-7-6-8-10-20-31(28,5)21-23-33-30-26(3)16-12-17-27(30)4/h11-12,14-17,28H,6-10,13,18-23H2,1-5H3. The Morgan fingerprint density at radius 3 is 1.85 bits per heavy atom. The van der Waals surface area contributed by atoms with Crippen molar-refractivity contribution in [2.24, 2.45) is 11.3 Å². The van der Waals surface area contributed by atoms with Crippen molar-refractivity contribution < 1.29 is 9.47 Å². The Hall–Kier alpha value is -1.96. The van der Waals surface area contributed by atoms with Crippen molar-refractivity contribution in [3.05, 3.63) is 58.7 Å². The molecule has 2 unspecified atom stereocenters. The van der Waals surface area contributed by atoms with Gasteiger partial charge >= 0.3 is 0 Å². The predicted molar refractivity (Wildman–Crippen MR) is 141 cm³/mol. The van der Waals surface area contributed by atoms with E-state index in [1.54, 1.807) is 0 Å². The number of hydrogen-bond donors (Lipinski definition) is 0. The number of aryl methyl sites for hydroxylation is 4. The number of para-hydroxylation sites is 2. The molecule has 1 saturated carbocycles. The maximum absolute atomic E-state index is 6.37. The van der Waals surface area contributed by atoms with E-state index in [2.05, 4.69) is 71.0 Å². The molecule has 1 fully saturated rings. The van der Waals surface area contributed by atoms with Crippen molar-refractivity contribution in [3.63, 3.8) is 0 Å². The topological polar surface area (TPSA) is 18.5 Å². The van der Waals surface area contributed by atoms with Gasteiger partial charge in [-0.25, -0.2) is 0 Å². The lowest BCUT2D eigenvalue weighted by atomic mass is 9.68. The van der Waals surface area contributed by atoms with Crippen LogP contribution in [0.15, 0.2) is 36.4 Å². The Bertz CT molecular complexity index is 831. The fraction of sp³-hybridized carbons (Fsp3) is 0.613. The molecule has 182 valence electrons. The molecule has 2 aromatic carbocycles. The highest BCUT2D eigenvalue weighted by molar-refractivity contribution is 5.40. The van der Waals surface area contributed by atoms with Crippen molar-refractivity contribution in [3.8, 4) is 11.5 Å². The third-order valence-corrected chi connectivity index (χ3v) is 7.97. The molecule has 2 atom stereocenters. The van der Waals surface area contributed by atoms with Crippen molar-refractivity contribution in [2.75, 3.05) is 13.2 Å². The predicted octanol–water partition coefficient (Wildman–Crippen LogP) is 8.92. The smallest absolute Gasteiger partial charge is 0.125 e. The molecule has 0 spiro atoms. The van der Waals surface area contributed by atoms with Crippen LogP contribution < -0.4 is 9.47 Å². The van der Waals surface area contributed by atoms with Crippen LogP contribution in [0.2, 0.25) is 0 Å². The zero-order chi connectivity index (χ0) is 23.7. The minimum absolute atomic E-state index is 0.347. The summed E-state index contributed by atoms with van der Waals surface area (Å²) in [6.07, 6.45) is 13.1. The lowest BCUT2D eigenvalue weighted by Crippen LogP contribution is -2.30. The summed E-state index contributed by atoms with van der Waals surface area (Å²) in [6, 6.07) is 12.8. The fourth-order valence-corrected chi connectivity index (χ4v) is 5.77. The van der Waals surface area contributed by atoms with Crippen molar-refractivity contribution in [2.45, 2.75) is 98.8 Å². The molecule has 0 bridgehead atoms. The zero-order valence-electron chi connectivity index (χ0n) is 21.8. The van der Waals surface area contributed by atoms with Gasteiger partial charge in [0.25, 0.3) is 0 Å². The molecular weight excluding hydrogens is 404 g/mol. The van der Waals surface area contributed by atoms with Crippen LogP contribution in [0.4, 0.5) is 0 Å². The molecule has 0 aliphatic heterocycles. The quantitative estimate of drug-likeness (QED) is 0.355. The molecule has 33 heavy (non-hydrogen) atoms. The summed E-state index contributed by atoms with van der Waals surface area (Å²) in [5, 5.41) is 0. The maximum Gasteiger partial charge on any atom is 0.125 e. The van der Waals surface area contributed by atoms with Gasteiger partial charge in [0, 0.05) is 0 Å². The highest BCUT2D eigenvalue weighted by Gasteiger charge is 2.33. The van der Waals surface area contributed by atoms with Crippen LogP contribution >= 0.6 is 0 Å². The summed E-state index contributed by atoms with van der Waals surface area (Å²) >= 11 is 0.